The summed E-state index contributed by atoms with van der Waals surface area (Å²) in [5, 5.41) is 3.17. The molecule has 1 aromatic carbocycles. The second-order valence-electron chi connectivity index (χ2n) is 5.66. The van der Waals surface area contributed by atoms with Crippen molar-refractivity contribution >= 4 is 23.2 Å². The van der Waals surface area contributed by atoms with E-state index in [0.717, 1.165) is 6.42 Å². The van der Waals surface area contributed by atoms with Gasteiger partial charge in [0.2, 0.25) is 0 Å². The molecule has 0 bridgehead atoms. The molecule has 0 unspecified atom stereocenters. The van der Waals surface area contributed by atoms with Crippen LogP contribution in [-0.2, 0) is 0 Å². The van der Waals surface area contributed by atoms with Gasteiger partial charge in [0, 0.05) is 37.1 Å². The highest BCUT2D eigenvalue weighted by molar-refractivity contribution is 6.34. The van der Waals surface area contributed by atoms with E-state index < -0.39 is 0 Å². The molecule has 3 heterocycles. The summed E-state index contributed by atoms with van der Waals surface area (Å²) in [5.41, 5.74) is 0.872. The highest BCUT2D eigenvalue weighted by Crippen LogP contribution is 2.37. The van der Waals surface area contributed by atoms with E-state index in [4.69, 9.17) is 21.1 Å². The van der Waals surface area contributed by atoms with Gasteiger partial charge in [0.05, 0.1) is 29.5 Å². The number of ether oxygens (including phenoxy) is 2. The van der Waals surface area contributed by atoms with E-state index in [-0.39, 0.29) is 5.91 Å². The fraction of sp³-hybridized carbons (Fsp3) is 0.167. The molecule has 4 rings (SSSR count). The lowest BCUT2D eigenvalue weighted by Crippen LogP contribution is -2.13. The van der Waals surface area contributed by atoms with Crippen LogP contribution in [0, 0.1) is 0 Å². The van der Waals surface area contributed by atoms with Crippen LogP contribution in [0.25, 0.3) is 5.82 Å². The fourth-order valence-corrected chi connectivity index (χ4v) is 2.74. The summed E-state index contributed by atoms with van der Waals surface area (Å²) in [5.74, 6) is 1.51. The van der Waals surface area contributed by atoms with Crippen molar-refractivity contribution in [3.63, 3.8) is 0 Å². The number of anilines is 1. The van der Waals surface area contributed by atoms with E-state index >= 15 is 0 Å². The zero-order chi connectivity index (χ0) is 17.9. The maximum atomic E-state index is 12.5. The molecule has 132 valence electrons. The molecular formula is C18H15ClN4O3. The number of pyridine rings is 1. The van der Waals surface area contributed by atoms with E-state index in [1.165, 1.54) is 6.20 Å². The number of carbonyl (C=O) groups excluding carboxylic acids is 1. The van der Waals surface area contributed by atoms with Gasteiger partial charge in [-0.15, -0.1) is 0 Å². The molecule has 0 aliphatic carbocycles. The third-order valence-corrected chi connectivity index (χ3v) is 4.18. The average molecular weight is 371 g/mol. The van der Waals surface area contributed by atoms with Gasteiger partial charge in [0.1, 0.15) is 12.1 Å². The first kappa shape index (κ1) is 16.4. The van der Waals surface area contributed by atoms with Crippen molar-refractivity contribution in [2.24, 2.45) is 0 Å². The van der Waals surface area contributed by atoms with Crippen molar-refractivity contribution in [2.75, 3.05) is 18.5 Å². The number of amides is 1. The Balaban J connectivity index is 1.53. The molecule has 1 aliphatic rings. The molecule has 26 heavy (non-hydrogen) atoms. The Hall–Kier alpha value is -3.06. The van der Waals surface area contributed by atoms with Crippen LogP contribution in [-0.4, -0.2) is 33.7 Å². The lowest BCUT2D eigenvalue weighted by molar-refractivity contribution is 0.102. The summed E-state index contributed by atoms with van der Waals surface area (Å²) < 4.78 is 13.0. The number of rotatable bonds is 3. The Bertz CT molecular complexity index is 926. The number of fused-ring (bicyclic) bond motifs is 1. The predicted molar refractivity (Wildman–Crippen MR) is 96.4 cm³/mol. The van der Waals surface area contributed by atoms with E-state index in [9.17, 15) is 4.79 Å². The number of hydrogen-bond donors (Lipinski definition) is 1. The zero-order valence-electron chi connectivity index (χ0n) is 13.7. The number of carbonyl (C=O) groups is 1. The smallest absolute Gasteiger partial charge is 0.257 e. The van der Waals surface area contributed by atoms with Gasteiger partial charge in [-0.1, -0.05) is 11.6 Å². The molecule has 7 nitrogen and oxygen atoms in total. The zero-order valence-corrected chi connectivity index (χ0v) is 14.4. The summed E-state index contributed by atoms with van der Waals surface area (Å²) in [6.07, 6.45) is 7.37. The highest BCUT2D eigenvalue weighted by Gasteiger charge is 2.16. The first-order valence-electron chi connectivity index (χ1n) is 8.05. The minimum Gasteiger partial charge on any atom is -0.490 e. The Morgan fingerprint density at radius 3 is 2.69 bits per heavy atom. The van der Waals surface area contributed by atoms with Crippen LogP contribution in [0.4, 0.5) is 5.69 Å². The van der Waals surface area contributed by atoms with Gasteiger partial charge in [0.15, 0.2) is 11.5 Å². The van der Waals surface area contributed by atoms with Crippen molar-refractivity contribution in [1.29, 1.82) is 0 Å². The quantitative estimate of drug-likeness (QED) is 0.765. The molecule has 1 aliphatic heterocycles. The van der Waals surface area contributed by atoms with E-state index in [0.29, 0.717) is 46.8 Å². The second kappa shape index (κ2) is 7.05. The Morgan fingerprint density at radius 1 is 1.19 bits per heavy atom. The summed E-state index contributed by atoms with van der Waals surface area (Å²) in [7, 11) is 0. The molecule has 1 amide bonds. The van der Waals surface area contributed by atoms with Crippen LogP contribution in [0.3, 0.4) is 0 Å². The monoisotopic (exact) mass is 370 g/mol. The maximum absolute atomic E-state index is 12.5. The molecule has 2 aromatic heterocycles. The SMILES string of the molecule is O=C(Nc1cc2c(cc1Cl)OCCCO2)c1ccc(-n2ccnc2)nc1. The van der Waals surface area contributed by atoms with E-state index in [2.05, 4.69) is 15.3 Å². The number of imidazole rings is 1. The van der Waals surface area contributed by atoms with Crippen molar-refractivity contribution in [3.05, 3.63) is 59.8 Å². The van der Waals surface area contributed by atoms with Gasteiger partial charge in [-0.3, -0.25) is 9.36 Å². The molecule has 1 N–H and O–H groups in total. The predicted octanol–water partition coefficient (Wildman–Crippen LogP) is 3.33. The van der Waals surface area contributed by atoms with Crippen LogP contribution < -0.4 is 14.8 Å². The number of nitrogens with zero attached hydrogens (tertiary/aromatic N) is 3. The largest absolute Gasteiger partial charge is 0.490 e. The van der Waals surface area contributed by atoms with Gasteiger partial charge < -0.3 is 14.8 Å². The van der Waals surface area contributed by atoms with Crippen LogP contribution in [0.5, 0.6) is 11.5 Å². The standard InChI is InChI=1S/C18H15ClN4O3/c19-13-8-15-16(26-7-1-6-25-15)9-14(13)22-18(24)12-2-3-17(21-10-12)23-5-4-20-11-23/h2-5,8-11H,1,6-7H2,(H,22,24). The molecule has 0 spiro atoms. The summed E-state index contributed by atoms with van der Waals surface area (Å²) in [4.78, 5) is 20.7. The topological polar surface area (TPSA) is 78.3 Å². The normalized spacial score (nSPS) is 13.1. The van der Waals surface area contributed by atoms with Crippen LogP contribution in [0.15, 0.2) is 49.2 Å². The highest BCUT2D eigenvalue weighted by atomic mass is 35.5. The Morgan fingerprint density at radius 2 is 2.00 bits per heavy atom. The second-order valence-corrected chi connectivity index (χ2v) is 6.07. The maximum Gasteiger partial charge on any atom is 0.257 e. The minimum absolute atomic E-state index is 0.314. The minimum atomic E-state index is -0.314. The third kappa shape index (κ3) is 3.34. The lowest BCUT2D eigenvalue weighted by atomic mass is 10.2. The molecule has 8 heteroatoms. The number of aromatic nitrogens is 3. The summed E-state index contributed by atoms with van der Waals surface area (Å²) in [6, 6.07) is 6.76. The summed E-state index contributed by atoms with van der Waals surface area (Å²) in [6.45, 7) is 1.13. The van der Waals surface area contributed by atoms with Gasteiger partial charge in [0.25, 0.3) is 5.91 Å². The van der Waals surface area contributed by atoms with Crippen molar-refractivity contribution < 1.29 is 14.3 Å². The molecule has 0 fully saturated rings. The Labute approximate surface area is 154 Å². The van der Waals surface area contributed by atoms with Gasteiger partial charge in [-0.25, -0.2) is 9.97 Å². The van der Waals surface area contributed by atoms with Crippen molar-refractivity contribution in [1.82, 2.24) is 14.5 Å². The van der Waals surface area contributed by atoms with Crippen LogP contribution in [0.2, 0.25) is 5.02 Å². The van der Waals surface area contributed by atoms with Crippen LogP contribution in [0.1, 0.15) is 16.8 Å². The molecule has 3 aromatic rings. The Kier molecular flexibility index (Phi) is 4.45. The first-order chi connectivity index (χ1) is 12.7. The number of nitrogens with one attached hydrogen (secondary N) is 1. The number of benzene rings is 1. The third-order valence-electron chi connectivity index (χ3n) is 3.86. The first-order valence-corrected chi connectivity index (χ1v) is 8.43. The van der Waals surface area contributed by atoms with Gasteiger partial charge in [-0.2, -0.15) is 0 Å². The molecule has 0 atom stereocenters. The molecule has 0 saturated carbocycles. The molecule has 0 saturated heterocycles. The number of halogens is 1. The van der Waals surface area contributed by atoms with E-state index in [1.807, 2.05) is 0 Å². The molecule has 0 radical (unpaired) electrons. The van der Waals surface area contributed by atoms with Crippen molar-refractivity contribution in [2.45, 2.75) is 6.42 Å². The van der Waals surface area contributed by atoms with Gasteiger partial charge >= 0.3 is 0 Å². The van der Waals surface area contributed by atoms with Crippen molar-refractivity contribution in [3.8, 4) is 17.3 Å². The van der Waals surface area contributed by atoms with Crippen LogP contribution >= 0.6 is 11.6 Å². The molecular weight excluding hydrogens is 356 g/mol. The lowest BCUT2D eigenvalue weighted by Gasteiger charge is -2.12. The summed E-state index contributed by atoms with van der Waals surface area (Å²) >= 11 is 6.26. The van der Waals surface area contributed by atoms with Gasteiger partial charge in [-0.05, 0) is 12.1 Å². The number of hydrogen-bond acceptors (Lipinski definition) is 5. The average Bonchev–Trinajstić information content (AvgIpc) is 3.10. The van der Waals surface area contributed by atoms with E-state index in [1.54, 1.807) is 47.6 Å². The fourth-order valence-electron chi connectivity index (χ4n) is 2.54.